The molecule has 0 spiro atoms. The molecule has 1 saturated carbocycles. The van der Waals surface area contributed by atoms with Crippen LogP contribution in [0.2, 0.25) is 5.02 Å². The van der Waals surface area contributed by atoms with Crippen LogP contribution in [0.15, 0.2) is 53.1 Å². The van der Waals surface area contributed by atoms with E-state index in [2.05, 4.69) is 27.6 Å². The molecule has 1 heterocycles. The quantitative estimate of drug-likeness (QED) is 0.621. The first-order valence-electron chi connectivity index (χ1n) is 9.61. The number of hydrogen-bond donors (Lipinski definition) is 1. The van der Waals surface area contributed by atoms with Gasteiger partial charge in [-0.15, -0.1) is 0 Å². The molecule has 7 heteroatoms. The molecule has 29 heavy (non-hydrogen) atoms. The summed E-state index contributed by atoms with van der Waals surface area (Å²) in [6, 6.07) is 15.1. The lowest BCUT2D eigenvalue weighted by molar-refractivity contribution is 0.0923. The molecule has 3 aromatic rings. The van der Waals surface area contributed by atoms with Crippen molar-refractivity contribution in [2.24, 2.45) is 0 Å². The van der Waals surface area contributed by atoms with Gasteiger partial charge < -0.3 is 14.6 Å². The molecule has 1 aliphatic rings. The van der Waals surface area contributed by atoms with Gasteiger partial charge in [-0.05, 0) is 42.7 Å². The minimum absolute atomic E-state index is 0.0296. The van der Waals surface area contributed by atoms with Gasteiger partial charge in [0.2, 0.25) is 11.7 Å². The highest BCUT2D eigenvalue weighted by Gasteiger charge is 2.39. The Balaban J connectivity index is 1.43. The third kappa shape index (κ3) is 4.27. The molecular weight excluding hydrogens is 390 g/mol. The monoisotopic (exact) mass is 411 g/mol. The summed E-state index contributed by atoms with van der Waals surface area (Å²) in [6.07, 6.45) is 3.25. The van der Waals surface area contributed by atoms with E-state index in [4.69, 9.17) is 20.9 Å². The Hall–Kier alpha value is -2.86. The molecule has 0 radical (unpaired) electrons. The third-order valence-corrected chi connectivity index (χ3v) is 5.66. The highest BCUT2D eigenvalue weighted by molar-refractivity contribution is 6.30. The van der Waals surface area contributed by atoms with Crippen LogP contribution in [0, 0.1) is 6.92 Å². The second-order valence-corrected chi connectivity index (χ2v) is 7.77. The van der Waals surface area contributed by atoms with Gasteiger partial charge in [-0.1, -0.05) is 47.4 Å². The molecule has 1 aliphatic carbocycles. The number of para-hydroxylation sites is 1. The molecule has 6 nitrogen and oxygen atoms in total. The van der Waals surface area contributed by atoms with Crippen molar-refractivity contribution in [2.75, 3.05) is 6.54 Å². The Labute approximate surface area is 174 Å². The summed E-state index contributed by atoms with van der Waals surface area (Å²) >= 11 is 6.02. The summed E-state index contributed by atoms with van der Waals surface area (Å²) in [5.41, 5.74) is 1.67. The Morgan fingerprint density at radius 3 is 2.62 bits per heavy atom. The first kappa shape index (κ1) is 19.5. The molecule has 1 aromatic heterocycles. The van der Waals surface area contributed by atoms with Crippen molar-refractivity contribution in [3.05, 3.63) is 76.4 Å². The van der Waals surface area contributed by atoms with Crippen molar-refractivity contribution in [3.63, 3.8) is 0 Å². The number of nitrogens with one attached hydrogen (secondary N) is 1. The van der Waals surface area contributed by atoms with Crippen LogP contribution in [-0.2, 0) is 12.0 Å². The number of carbonyl (C=O) groups is 1. The number of hydrogen-bond acceptors (Lipinski definition) is 5. The smallest absolute Gasteiger partial charge is 0.255 e. The van der Waals surface area contributed by atoms with Gasteiger partial charge in [0, 0.05) is 23.9 Å². The van der Waals surface area contributed by atoms with E-state index < -0.39 is 0 Å². The fourth-order valence-corrected chi connectivity index (χ4v) is 3.77. The molecular formula is C22H22ClN3O3. The van der Waals surface area contributed by atoms with Crippen molar-refractivity contribution < 1.29 is 14.1 Å². The molecule has 1 fully saturated rings. The number of nitrogens with zero attached hydrogens (tertiary/aromatic N) is 2. The average Bonchev–Trinajstić information content (AvgIpc) is 3.12. The van der Waals surface area contributed by atoms with Gasteiger partial charge in [0.05, 0.1) is 5.56 Å². The largest absolute Gasteiger partial charge is 0.485 e. The maximum Gasteiger partial charge on any atom is 0.255 e. The minimum atomic E-state index is -0.162. The van der Waals surface area contributed by atoms with E-state index in [1.165, 1.54) is 5.56 Å². The molecule has 0 bridgehead atoms. The van der Waals surface area contributed by atoms with Crippen molar-refractivity contribution in [2.45, 2.75) is 38.2 Å². The van der Waals surface area contributed by atoms with Crippen LogP contribution >= 0.6 is 11.6 Å². The molecule has 2 aromatic carbocycles. The van der Waals surface area contributed by atoms with Crippen LogP contribution in [0.4, 0.5) is 0 Å². The lowest BCUT2D eigenvalue weighted by Gasteiger charge is -2.42. The van der Waals surface area contributed by atoms with Crippen LogP contribution in [-0.4, -0.2) is 22.6 Å². The summed E-state index contributed by atoms with van der Waals surface area (Å²) in [7, 11) is 0. The number of carbonyl (C=O) groups excluding carboxylic acids is 1. The molecule has 0 saturated heterocycles. The zero-order valence-corrected chi connectivity index (χ0v) is 16.9. The van der Waals surface area contributed by atoms with Crippen molar-refractivity contribution in [1.82, 2.24) is 15.5 Å². The molecule has 1 amide bonds. The average molecular weight is 412 g/mol. The van der Waals surface area contributed by atoms with Crippen molar-refractivity contribution >= 4 is 17.5 Å². The highest BCUT2D eigenvalue weighted by Crippen LogP contribution is 2.43. The van der Waals surface area contributed by atoms with Gasteiger partial charge in [0.15, 0.2) is 6.61 Å². The molecule has 0 unspecified atom stereocenters. The van der Waals surface area contributed by atoms with Crippen molar-refractivity contribution in [3.8, 4) is 5.75 Å². The van der Waals surface area contributed by atoms with E-state index in [-0.39, 0.29) is 17.9 Å². The van der Waals surface area contributed by atoms with Gasteiger partial charge in [-0.25, -0.2) is 0 Å². The number of aryl methyl sites for hydroxylation is 1. The van der Waals surface area contributed by atoms with Crippen molar-refractivity contribution in [1.29, 1.82) is 0 Å². The van der Waals surface area contributed by atoms with E-state index in [0.717, 1.165) is 24.3 Å². The van der Waals surface area contributed by atoms with Crippen LogP contribution in [0.25, 0.3) is 0 Å². The summed E-state index contributed by atoms with van der Waals surface area (Å²) in [6.45, 7) is 2.43. The third-order valence-electron chi connectivity index (χ3n) is 5.41. The van der Waals surface area contributed by atoms with E-state index in [0.29, 0.717) is 29.6 Å². The molecule has 0 aliphatic heterocycles. The summed E-state index contributed by atoms with van der Waals surface area (Å²) in [5.74, 6) is 1.24. The topological polar surface area (TPSA) is 77.2 Å². The van der Waals surface area contributed by atoms with Crippen LogP contribution in [0.5, 0.6) is 5.75 Å². The summed E-state index contributed by atoms with van der Waals surface area (Å²) < 4.78 is 10.7. The maximum atomic E-state index is 12.9. The van der Waals surface area contributed by atoms with Gasteiger partial charge in [-0.2, -0.15) is 4.98 Å². The van der Waals surface area contributed by atoms with E-state index >= 15 is 0 Å². The normalized spacial score (nSPS) is 14.8. The standard InChI is InChI=1S/C22H22ClN3O3/c1-15-25-20(26-29-15)13-28-19-6-3-2-5-18(19)21(27)24-14-22(11-4-12-22)16-7-9-17(23)10-8-16/h2-3,5-10H,4,11-14H2,1H3,(H,24,27). The zero-order valence-electron chi connectivity index (χ0n) is 16.2. The fraction of sp³-hybridized carbons (Fsp3) is 0.318. The van der Waals surface area contributed by atoms with E-state index in [9.17, 15) is 4.79 Å². The van der Waals surface area contributed by atoms with Gasteiger partial charge >= 0.3 is 0 Å². The first-order chi connectivity index (χ1) is 14.1. The predicted molar refractivity (Wildman–Crippen MR) is 109 cm³/mol. The SMILES string of the molecule is Cc1nc(COc2ccccc2C(=O)NCC2(c3ccc(Cl)cc3)CCC2)no1. The number of rotatable bonds is 7. The Morgan fingerprint density at radius 1 is 1.21 bits per heavy atom. The number of halogens is 1. The highest BCUT2D eigenvalue weighted by atomic mass is 35.5. The summed E-state index contributed by atoms with van der Waals surface area (Å²) in [5, 5.41) is 7.62. The van der Waals surface area contributed by atoms with E-state index in [1.54, 1.807) is 19.1 Å². The second-order valence-electron chi connectivity index (χ2n) is 7.34. The first-order valence-corrected chi connectivity index (χ1v) is 9.99. The lowest BCUT2D eigenvalue weighted by atomic mass is 9.64. The molecule has 0 atom stereocenters. The second kappa shape index (κ2) is 8.25. The van der Waals surface area contributed by atoms with Gasteiger partial charge in [-0.3, -0.25) is 4.79 Å². The van der Waals surface area contributed by atoms with Gasteiger partial charge in [0.1, 0.15) is 5.75 Å². The molecule has 150 valence electrons. The molecule has 4 rings (SSSR count). The van der Waals surface area contributed by atoms with Crippen LogP contribution in [0.3, 0.4) is 0 Å². The Kier molecular flexibility index (Phi) is 5.53. The Morgan fingerprint density at radius 2 is 1.97 bits per heavy atom. The predicted octanol–water partition coefficient (Wildman–Crippen LogP) is 4.46. The zero-order chi connectivity index (χ0) is 20.3. The number of aromatic nitrogens is 2. The summed E-state index contributed by atoms with van der Waals surface area (Å²) in [4.78, 5) is 17.0. The minimum Gasteiger partial charge on any atom is -0.485 e. The molecule has 1 N–H and O–H groups in total. The fourth-order valence-electron chi connectivity index (χ4n) is 3.64. The Bertz CT molecular complexity index is 997. The maximum absolute atomic E-state index is 12.9. The van der Waals surface area contributed by atoms with Gasteiger partial charge in [0.25, 0.3) is 5.91 Å². The van der Waals surface area contributed by atoms with Crippen LogP contribution < -0.4 is 10.1 Å². The number of amides is 1. The lowest BCUT2D eigenvalue weighted by Crippen LogP contribution is -2.45. The number of benzene rings is 2. The van der Waals surface area contributed by atoms with Crippen LogP contribution in [0.1, 0.15) is 46.9 Å². The number of ether oxygens (including phenoxy) is 1. The van der Waals surface area contributed by atoms with E-state index in [1.807, 2.05) is 24.3 Å².